The Balaban J connectivity index is 1.79. The van der Waals surface area contributed by atoms with Crippen LogP contribution in [0.2, 0.25) is 0 Å². The number of hydrogen-bond acceptors (Lipinski definition) is 6. The van der Waals surface area contributed by atoms with Crippen LogP contribution in [0.1, 0.15) is 56.3 Å². The van der Waals surface area contributed by atoms with Gasteiger partial charge in [0.1, 0.15) is 23.1 Å². The molecule has 3 aromatic rings. The maximum Gasteiger partial charge on any atom is 0.303 e. The van der Waals surface area contributed by atoms with Crippen molar-refractivity contribution in [3.8, 4) is 0 Å². The molecule has 0 saturated carbocycles. The van der Waals surface area contributed by atoms with Crippen LogP contribution in [0.15, 0.2) is 30.3 Å². The number of carbonyl (C=O) groups excluding carboxylic acids is 1. The number of aryl methyl sites for hydroxylation is 1. The highest BCUT2D eigenvalue weighted by Gasteiger charge is 2.49. The Morgan fingerprint density at radius 1 is 1.20 bits per heavy atom. The highest BCUT2D eigenvalue weighted by molar-refractivity contribution is 6.09. The summed E-state index contributed by atoms with van der Waals surface area (Å²) in [4.78, 5) is 22.7. The highest BCUT2D eigenvalue weighted by Crippen LogP contribution is 2.43. The molecule has 186 valence electrons. The second-order valence-electron chi connectivity index (χ2n) is 9.65. The topological polar surface area (TPSA) is 98.6 Å². The van der Waals surface area contributed by atoms with Gasteiger partial charge in [-0.25, -0.2) is 14.4 Å². The number of amides is 1. The molecule has 4 rings (SSSR count). The number of aliphatic hydroxyl groups is 2. The van der Waals surface area contributed by atoms with Gasteiger partial charge in [0, 0.05) is 23.6 Å². The maximum atomic E-state index is 15.3. The molecule has 1 aliphatic heterocycles. The molecule has 1 aliphatic rings. The molecule has 1 amide bonds. The average molecular weight is 489 g/mol. The summed E-state index contributed by atoms with van der Waals surface area (Å²) in [6.07, 6.45) is 0. The third kappa shape index (κ3) is 3.81. The van der Waals surface area contributed by atoms with Gasteiger partial charge in [-0.05, 0) is 52.8 Å². The number of aromatic nitrogens is 2. The maximum absolute atomic E-state index is 15.3. The number of rotatable bonds is 5. The van der Waals surface area contributed by atoms with E-state index in [0.717, 1.165) is 19.9 Å². The molecule has 0 unspecified atom stereocenters. The van der Waals surface area contributed by atoms with Gasteiger partial charge in [0.25, 0.3) is 5.91 Å². The molecular weight excluding hydrogens is 461 g/mol. The smallest absolute Gasteiger partial charge is 0.303 e. The minimum absolute atomic E-state index is 0.0350. The van der Waals surface area contributed by atoms with Crippen LogP contribution in [-0.2, 0) is 16.3 Å². The van der Waals surface area contributed by atoms with E-state index in [0.29, 0.717) is 33.8 Å². The van der Waals surface area contributed by atoms with Crippen LogP contribution < -0.4 is 10.2 Å². The molecule has 2 aromatic carbocycles. The lowest BCUT2D eigenvalue weighted by Crippen LogP contribution is -2.41. The number of anilines is 2. The number of carbonyl (C=O) groups is 1. The standard InChI is InChI=1S/C25H27F3N4O3/c1-12(14-8-7-9-16(20(14)26)25(27,28)23(3,4)34)29-21-15-10-19-17(11-18(15)30-13(2)31-21)24(5,35)22(33)32(19)6/h7-12,34-35H,1-6H3,(H,29,30,31)/t12-,24+/m1/s1. The van der Waals surface area contributed by atoms with Gasteiger partial charge >= 0.3 is 5.92 Å². The summed E-state index contributed by atoms with van der Waals surface area (Å²) < 4.78 is 44.7. The monoisotopic (exact) mass is 488 g/mol. The lowest BCUT2D eigenvalue weighted by atomic mass is 9.91. The first-order valence-corrected chi connectivity index (χ1v) is 11.1. The number of halogens is 3. The minimum atomic E-state index is -3.82. The van der Waals surface area contributed by atoms with E-state index in [4.69, 9.17) is 0 Å². The summed E-state index contributed by atoms with van der Waals surface area (Å²) in [6, 6.07) is 6.13. The van der Waals surface area contributed by atoms with E-state index in [1.54, 1.807) is 33.0 Å². The number of fused-ring (bicyclic) bond motifs is 2. The lowest BCUT2D eigenvalue weighted by molar-refractivity contribution is -0.170. The molecular formula is C25H27F3N4O3. The summed E-state index contributed by atoms with van der Waals surface area (Å²) in [5.74, 6) is -4.74. The number of alkyl halides is 2. The van der Waals surface area contributed by atoms with Crippen LogP contribution in [0, 0.1) is 12.7 Å². The quantitative estimate of drug-likeness (QED) is 0.496. The zero-order valence-electron chi connectivity index (χ0n) is 20.2. The third-order valence-electron chi connectivity index (χ3n) is 6.49. The van der Waals surface area contributed by atoms with Crippen molar-refractivity contribution in [2.24, 2.45) is 0 Å². The Bertz CT molecular complexity index is 1350. The molecule has 0 spiro atoms. The van der Waals surface area contributed by atoms with Crippen molar-refractivity contribution >= 4 is 28.3 Å². The van der Waals surface area contributed by atoms with E-state index >= 15 is 4.39 Å². The van der Waals surface area contributed by atoms with Gasteiger partial charge in [0.2, 0.25) is 0 Å². The van der Waals surface area contributed by atoms with Crippen LogP contribution in [-0.4, -0.2) is 38.7 Å². The number of likely N-dealkylation sites (N-methyl/N-ethyl adjacent to an activating group) is 1. The molecule has 10 heteroatoms. The van der Waals surface area contributed by atoms with E-state index in [2.05, 4.69) is 15.3 Å². The Morgan fingerprint density at radius 3 is 2.49 bits per heavy atom. The van der Waals surface area contributed by atoms with E-state index in [9.17, 15) is 23.8 Å². The molecule has 7 nitrogen and oxygen atoms in total. The number of nitrogens with zero attached hydrogens (tertiary/aromatic N) is 3. The highest BCUT2D eigenvalue weighted by atomic mass is 19.3. The van der Waals surface area contributed by atoms with E-state index in [-0.39, 0.29) is 5.56 Å². The largest absolute Gasteiger partial charge is 0.384 e. The fourth-order valence-electron chi connectivity index (χ4n) is 4.35. The van der Waals surface area contributed by atoms with Crippen molar-refractivity contribution in [1.82, 2.24) is 9.97 Å². The van der Waals surface area contributed by atoms with Gasteiger partial charge in [-0.2, -0.15) is 8.78 Å². The van der Waals surface area contributed by atoms with E-state index in [1.807, 2.05) is 0 Å². The zero-order valence-corrected chi connectivity index (χ0v) is 20.2. The number of benzene rings is 2. The Labute approximate surface area is 200 Å². The first-order valence-electron chi connectivity index (χ1n) is 11.1. The summed E-state index contributed by atoms with van der Waals surface area (Å²) >= 11 is 0. The molecule has 0 radical (unpaired) electrons. The third-order valence-corrected chi connectivity index (χ3v) is 6.49. The van der Waals surface area contributed by atoms with Gasteiger partial charge in [-0.3, -0.25) is 4.79 Å². The van der Waals surface area contributed by atoms with Crippen LogP contribution in [0.4, 0.5) is 24.7 Å². The summed E-state index contributed by atoms with van der Waals surface area (Å²) in [6.45, 7) is 6.52. The van der Waals surface area contributed by atoms with Crippen molar-refractivity contribution < 1.29 is 28.2 Å². The first-order chi connectivity index (χ1) is 16.1. The predicted octanol–water partition coefficient (Wildman–Crippen LogP) is 4.30. The number of nitrogens with one attached hydrogen (secondary N) is 1. The summed E-state index contributed by atoms with van der Waals surface area (Å²) in [7, 11) is 1.54. The fourth-order valence-corrected chi connectivity index (χ4v) is 4.35. The van der Waals surface area contributed by atoms with Crippen molar-refractivity contribution in [3.63, 3.8) is 0 Å². The van der Waals surface area contributed by atoms with Crippen LogP contribution in [0.3, 0.4) is 0 Å². The first kappa shape index (κ1) is 24.9. The van der Waals surface area contributed by atoms with Crippen molar-refractivity contribution in [3.05, 3.63) is 58.7 Å². The van der Waals surface area contributed by atoms with Crippen molar-refractivity contribution in [2.45, 2.75) is 57.8 Å². The normalized spacial score (nSPS) is 19.3. The molecule has 2 atom stereocenters. The van der Waals surface area contributed by atoms with Gasteiger partial charge < -0.3 is 20.4 Å². The molecule has 0 saturated heterocycles. The summed E-state index contributed by atoms with van der Waals surface area (Å²) in [5, 5.41) is 24.2. The second kappa shape index (κ2) is 7.89. The molecule has 3 N–H and O–H groups in total. The second-order valence-corrected chi connectivity index (χ2v) is 9.65. The van der Waals surface area contributed by atoms with Crippen molar-refractivity contribution in [2.75, 3.05) is 17.3 Å². The molecule has 35 heavy (non-hydrogen) atoms. The Hall–Kier alpha value is -3.24. The van der Waals surface area contributed by atoms with Crippen molar-refractivity contribution in [1.29, 1.82) is 0 Å². The fraction of sp³-hybridized carbons (Fsp3) is 0.400. The SMILES string of the molecule is Cc1nc(N[C@H](C)c2cccc(C(F)(F)C(C)(C)O)c2F)c2cc3c(cc2n1)[C@](C)(O)C(=O)N3C. The van der Waals surface area contributed by atoms with E-state index in [1.165, 1.54) is 24.0 Å². The zero-order chi connectivity index (χ0) is 26.1. The van der Waals surface area contributed by atoms with Crippen LogP contribution in [0.5, 0.6) is 0 Å². The lowest BCUT2D eigenvalue weighted by Gasteiger charge is -2.30. The van der Waals surface area contributed by atoms with Crippen LogP contribution >= 0.6 is 0 Å². The van der Waals surface area contributed by atoms with E-state index < -0.39 is 40.5 Å². The molecule has 0 bridgehead atoms. The van der Waals surface area contributed by atoms with Gasteiger partial charge in [0.15, 0.2) is 5.60 Å². The number of hydrogen-bond donors (Lipinski definition) is 3. The van der Waals surface area contributed by atoms with Gasteiger partial charge in [-0.1, -0.05) is 12.1 Å². The molecule has 1 aromatic heterocycles. The average Bonchev–Trinajstić information content (AvgIpc) is 2.91. The molecule has 2 heterocycles. The molecule has 0 aliphatic carbocycles. The van der Waals surface area contributed by atoms with Gasteiger partial charge in [-0.15, -0.1) is 0 Å². The Morgan fingerprint density at radius 2 is 1.86 bits per heavy atom. The van der Waals surface area contributed by atoms with Crippen LogP contribution in [0.25, 0.3) is 10.9 Å². The summed E-state index contributed by atoms with van der Waals surface area (Å²) in [5.41, 5.74) is -3.76. The Kier molecular flexibility index (Phi) is 5.61. The molecule has 0 fully saturated rings. The minimum Gasteiger partial charge on any atom is -0.384 e. The van der Waals surface area contributed by atoms with Gasteiger partial charge in [0.05, 0.1) is 22.8 Å². The predicted molar refractivity (Wildman–Crippen MR) is 126 cm³/mol.